The van der Waals surface area contributed by atoms with Gasteiger partial charge < -0.3 is 10.6 Å². The summed E-state index contributed by atoms with van der Waals surface area (Å²) in [4.78, 5) is 23.2. The standard InChI is InChI=1S/C14H20N2O2S/c1-15-8-5-9-16-14(18)11-19-10-13(17)12-6-3-2-4-7-12/h2-4,6-7,15H,5,8-11H2,1H3,(H,16,18). The van der Waals surface area contributed by atoms with Crippen molar-refractivity contribution in [3.63, 3.8) is 0 Å². The Labute approximate surface area is 118 Å². The van der Waals surface area contributed by atoms with Gasteiger partial charge >= 0.3 is 0 Å². The van der Waals surface area contributed by atoms with E-state index in [1.165, 1.54) is 11.8 Å². The van der Waals surface area contributed by atoms with Crippen molar-refractivity contribution in [2.45, 2.75) is 6.42 Å². The van der Waals surface area contributed by atoms with Crippen LogP contribution in [0, 0.1) is 0 Å². The molecule has 1 amide bonds. The minimum atomic E-state index is -0.0121. The van der Waals surface area contributed by atoms with E-state index in [9.17, 15) is 9.59 Å². The van der Waals surface area contributed by atoms with Gasteiger partial charge in [-0.1, -0.05) is 30.3 Å². The maximum Gasteiger partial charge on any atom is 0.230 e. The van der Waals surface area contributed by atoms with Gasteiger partial charge in [0.25, 0.3) is 0 Å². The lowest BCUT2D eigenvalue weighted by Gasteiger charge is -2.04. The second-order valence-electron chi connectivity index (χ2n) is 4.09. The summed E-state index contributed by atoms with van der Waals surface area (Å²) in [6.07, 6.45) is 0.913. The summed E-state index contributed by atoms with van der Waals surface area (Å²) in [5.41, 5.74) is 0.699. The van der Waals surface area contributed by atoms with Crippen LogP contribution in [0.1, 0.15) is 16.8 Å². The van der Waals surface area contributed by atoms with Gasteiger partial charge in [0, 0.05) is 12.1 Å². The van der Waals surface area contributed by atoms with E-state index in [1.807, 2.05) is 25.2 Å². The highest BCUT2D eigenvalue weighted by Gasteiger charge is 2.07. The van der Waals surface area contributed by atoms with Crippen molar-refractivity contribution in [3.8, 4) is 0 Å². The third kappa shape index (κ3) is 6.98. The predicted molar refractivity (Wildman–Crippen MR) is 79.7 cm³/mol. The van der Waals surface area contributed by atoms with E-state index in [2.05, 4.69) is 10.6 Å². The number of amides is 1. The molecule has 1 rings (SSSR count). The number of carbonyl (C=O) groups is 2. The van der Waals surface area contributed by atoms with Crippen molar-refractivity contribution in [2.24, 2.45) is 0 Å². The number of hydrogen-bond acceptors (Lipinski definition) is 4. The molecule has 0 fully saturated rings. The Bertz CT molecular complexity index is 396. The maximum atomic E-state index is 11.8. The molecule has 0 bridgehead atoms. The Hall–Kier alpha value is -1.33. The lowest BCUT2D eigenvalue weighted by Crippen LogP contribution is -2.28. The van der Waals surface area contributed by atoms with E-state index in [0.29, 0.717) is 23.6 Å². The van der Waals surface area contributed by atoms with Crippen LogP contribution in [-0.4, -0.2) is 43.3 Å². The van der Waals surface area contributed by atoms with Gasteiger partial charge in [0.1, 0.15) is 0 Å². The third-order valence-corrected chi connectivity index (χ3v) is 3.42. The fourth-order valence-electron chi connectivity index (χ4n) is 1.49. The monoisotopic (exact) mass is 280 g/mol. The number of carbonyl (C=O) groups excluding carboxylic acids is 2. The molecule has 0 aliphatic heterocycles. The molecule has 2 N–H and O–H groups in total. The molecule has 0 aromatic heterocycles. The zero-order valence-corrected chi connectivity index (χ0v) is 12.0. The molecule has 0 heterocycles. The van der Waals surface area contributed by atoms with Gasteiger partial charge in [0.2, 0.25) is 5.91 Å². The van der Waals surface area contributed by atoms with Crippen LogP contribution >= 0.6 is 11.8 Å². The van der Waals surface area contributed by atoms with E-state index in [-0.39, 0.29) is 11.7 Å². The summed E-state index contributed by atoms with van der Waals surface area (Å²) < 4.78 is 0. The smallest absolute Gasteiger partial charge is 0.230 e. The zero-order valence-electron chi connectivity index (χ0n) is 11.1. The van der Waals surface area contributed by atoms with Crippen LogP contribution in [0.3, 0.4) is 0 Å². The van der Waals surface area contributed by atoms with Gasteiger partial charge in [0.05, 0.1) is 11.5 Å². The molecule has 1 aromatic carbocycles. The van der Waals surface area contributed by atoms with E-state index < -0.39 is 0 Å². The van der Waals surface area contributed by atoms with E-state index in [0.717, 1.165) is 13.0 Å². The molecule has 0 spiro atoms. The summed E-state index contributed by atoms with van der Waals surface area (Å²) >= 11 is 1.35. The SMILES string of the molecule is CNCCCNC(=O)CSCC(=O)c1ccccc1. The number of rotatable bonds is 9. The Morgan fingerprint density at radius 1 is 1.11 bits per heavy atom. The summed E-state index contributed by atoms with van der Waals surface area (Å²) in [6.45, 7) is 1.56. The second-order valence-corrected chi connectivity index (χ2v) is 5.07. The average molecular weight is 280 g/mol. The first kappa shape index (κ1) is 15.7. The minimum Gasteiger partial charge on any atom is -0.355 e. The van der Waals surface area contributed by atoms with Crippen LogP contribution < -0.4 is 10.6 Å². The highest BCUT2D eigenvalue weighted by Crippen LogP contribution is 2.06. The van der Waals surface area contributed by atoms with E-state index in [4.69, 9.17) is 0 Å². The van der Waals surface area contributed by atoms with Crippen molar-refractivity contribution < 1.29 is 9.59 Å². The summed E-state index contributed by atoms with van der Waals surface area (Å²) in [5.74, 6) is 0.724. The van der Waals surface area contributed by atoms with Gasteiger partial charge in [-0.2, -0.15) is 0 Å². The van der Waals surface area contributed by atoms with Crippen LogP contribution in [-0.2, 0) is 4.79 Å². The molecule has 0 aliphatic carbocycles. The Morgan fingerprint density at radius 2 is 1.84 bits per heavy atom. The molecule has 0 atom stereocenters. The van der Waals surface area contributed by atoms with Crippen molar-refractivity contribution >= 4 is 23.5 Å². The summed E-state index contributed by atoms with van der Waals surface area (Å²) in [6, 6.07) is 9.14. The van der Waals surface area contributed by atoms with Gasteiger partial charge in [-0.15, -0.1) is 11.8 Å². The van der Waals surface area contributed by atoms with Crippen molar-refractivity contribution in [1.82, 2.24) is 10.6 Å². The van der Waals surface area contributed by atoms with Gasteiger partial charge in [-0.05, 0) is 20.0 Å². The van der Waals surface area contributed by atoms with Crippen LogP contribution in [0.2, 0.25) is 0 Å². The highest BCUT2D eigenvalue weighted by molar-refractivity contribution is 8.00. The predicted octanol–water partition coefficient (Wildman–Crippen LogP) is 1.33. The largest absolute Gasteiger partial charge is 0.355 e. The van der Waals surface area contributed by atoms with E-state index >= 15 is 0 Å². The first-order valence-corrected chi connectivity index (χ1v) is 7.47. The first-order chi connectivity index (χ1) is 9.24. The number of ketones is 1. The van der Waals surface area contributed by atoms with Crippen molar-refractivity contribution in [1.29, 1.82) is 0 Å². The fraction of sp³-hybridized carbons (Fsp3) is 0.429. The summed E-state index contributed by atoms with van der Waals surface area (Å²) in [7, 11) is 1.88. The molecule has 0 radical (unpaired) electrons. The van der Waals surface area contributed by atoms with Crippen LogP contribution in [0.4, 0.5) is 0 Å². The topological polar surface area (TPSA) is 58.2 Å². The Kier molecular flexibility index (Phi) is 7.93. The number of hydrogen-bond donors (Lipinski definition) is 2. The van der Waals surface area contributed by atoms with Gasteiger partial charge in [0.15, 0.2) is 5.78 Å². The van der Waals surface area contributed by atoms with Gasteiger partial charge in [-0.25, -0.2) is 0 Å². The molecule has 0 unspecified atom stereocenters. The summed E-state index contributed by atoms with van der Waals surface area (Å²) in [5, 5.41) is 5.84. The van der Waals surface area contributed by atoms with E-state index in [1.54, 1.807) is 12.1 Å². The fourth-order valence-corrected chi connectivity index (χ4v) is 2.23. The molecule has 5 heteroatoms. The number of nitrogens with one attached hydrogen (secondary N) is 2. The molecule has 1 aromatic rings. The first-order valence-electron chi connectivity index (χ1n) is 6.31. The quantitative estimate of drug-likeness (QED) is 0.529. The lowest BCUT2D eigenvalue weighted by atomic mass is 10.2. The van der Waals surface area contributed by atoms with Crippen LogP contribution in [0.5, 0.6) is 0 Å². The molecule has 19 heavy (non-hydrogen) atoms. The Balaban J connectivity index is 2.13. The molecular formula is C14H20N2O2S. The van der Waals surface area contributed by atoms with Crippen molar-refractivity contribution in [2.75, 3.05) is 31.6 Å². The Morgan fingerprint density at radius 3 is 2.53 bits per heavy atom. The van der Waals surface area contributed by atoms with Gasteiger partial charge in [-0.3, -0.25) is 9.59 Å². The molecule has 104 valence electrons. The number of Topliss-reactive ketones (excluding diaryl/α,β-unsaturated/α-hetero) is 1. The number of benzene rings is 1. The molecule has 0 aliphatic rings. The zero-order chi connectivity index (χ0) is 13.9. The molecular weight excluding hydrogens is 260 g/mol. The molecule has 0 saturated heterocycles. The normalized spacial score (nSPS) is 10.2. The minimum absolute atomic E-state index is 0.0121. The van der Waals surface area contributed by atoms with Crippen molar-refractivity contribution in [3.05, 3.63) is 35.9 Å². The lowest BCUT2D eigenvalue weighted by molar-refractivity contribution is -0.118. The molecule has 0 saturated carbocycles. The third-order valence-electron chi connectivity index (χ3n) is 2.49. The average Bonchev–Trinajstić information content (AvgIpc) is 2.44. The maximum absolute atomic E-state index is 11.8. The van der Waals surface area contributed by atoms with Crippen LogP contribution in [0.15, 0.2) is 30.3 Å². The number of thioether (sulfide) groups is 1. The highest BCUT2D eigenvalue weighted by atomic mass is 32.2. The van der Waals surface area contributed by atoms with Crippen LogP contribution in [0.25, 0.3) is 0 Å². The molecule has 4 nitrogen and oxygen atoms in total. The second kappa shape index (κ2) is 9.58.